The van der Waals surface area contributed by atoms with Gasteiger partial charge in [0.2, 0.25) is 0 Å². The summed E-state index contributed by atoms with van der Waals surface area (Å²) in [6, 6.07) is 4.88. The topological polar surface area (TPSA) is 144 Å². The smallest absolute Gasteiger partial charge is 0.308 e. The molecule has 1 unspecified atom stereocenters. The Hall–Kier alpha value is -3.69. The molecule has 3 aromatic heterocycles. The Morgan fingerprint density at radius 2 is 2.14 bits per heavy atom. The third-order valence-electron chi connectivity index (χ3n) is 4.79. The highest BCUT2D eigenvalue weighted by Gasteiger charge is 2.30. The Bertz CT molecular complexity index is 1070. The van der Waals surface area contributed by atoms with Crippen molar-refractivity contribution >= 4 is 23.4 Å². The summed E-state index contributed by atoms with van der Waals surface area (Å²) in [6.45, 7) is 0.561. The molecule has 10 heteroatoms. The van der Waals surface area contributed by atoms with E-state index in [0.717, 1.165) is 0 Å². The number of carboxylic acid groups (broad SMARTS) is 1. The number of fused-ring (bicyclic) bond motifs is 1. The van der Waals surface area contributed by atoms with Gasteiger partial charge in [-0.2, -0.15) is 0 Å². The number of carbonyl (C=O) groups excluding carboxylic acids is 2. The van der Waals surface area contributed by atoms with Crippen LogP contribution in [0.5, 0.6) is 0 Å². The molecular formula is C18H17N5O5. The van der Waals surface area contributed by atoms with Gasteiger partial charge in [-0.1, -0.05) is 0 Å². The van der Waals surface area contributed by atoms with Crippen LogP contribution in [0.1, 0.15) is 33.8 Å². The third kappa shape index (κ3) is 2.98. The molecule has 2 amide bonds. The summed E-state index contributed by atoms with van der Waals surface area (Å²) in [5, 5.41) is 9.29. The van der Waals surface area contributed by atoms with Crippen LogP contribution in [-0.4, -0.2) is 55.2 Å². The van der Waals surface area contributed by atoms with Crippen molar-refractivity contribution in [2.45, 2.75) is 12.8 Å². The second-order valence-electron chi connectivity index (χ2n) is 6.58. The van der Waals surface area contributed by atoms with Crippen LogP contribution < -0.4 is 5.73 Å². The maximum absolute atomic E-state index is 13.2. The average molecular weight is 383 g/mol. The van der Waals surface area contributed by atoms with Crippen molar-refractivity contribution < 1.29 is 23.9 Å². The quantitative estimate of drug-likeness (QED) is 0.684. The normalized spacial score (nSPS) is 17.0. The number of piperidine rings is 1. The zero-order chi connectivity index (χ0) is 19.8. The van der Waals surface area contributed by atoms with E-state index in [-0.39, 0.29) is 29.5 Å². The third-order valence-corrected chi connectivity index (χ3v) is 4.79. The number of carbonyl (C=O) groups is 3. The Morgan fingerprint density at radius 3 is 2.82 bits per heavy atom. The summed E-state index contributed by atoms with van der Waals surface area (Å²) < 4.78 is 6.75. The van der Waals surface area contributed by atoms with Gasteiger partial charge in [0.15, 0.2) is 17.1 Å². The van der Waals surface area contributed by atoms with Gasteiger partial charge in [0.1, 0.15) is 17.7 Å². The van der Waals surface area contributed by atoms with E-state index in [2.05, 4.69) is 9.97 Å². The number of rotatable bonds is 4. The SMILES string of the molecule is NC(=O)c1ncn2c(C(=O)N3CCCC(C(=O)O)C3)cc(-c3ccco3)nc12. The minimum atomic E-state index is -0.924. The molecular weight excluding hydrogens is 366 g/mol. The lowest BCUT2D eigenvalue weighted by Gasteiger charge is -2.30. The summed E-state index contributed by atoms with van der Waals surface area (Å²) in [4.78, 5) is 46.1. The van der Waals surface area contributed by atoms with Crippen LogP contribution in [0, 0.1) is 5.92 Å². The van der Waals surface area contributed by atoms with E-state index in [0.29, 0.717) is 30.8 Å². The average Bonchev–Trinajstić information content (AvgIpc) is 3.36. The number of carboxylic acids is 1. The van der Waals surface area contributed by atoms with Gasteiger partial charge in [-0.05, 0) is 31.0 Å². The van der Waals surface area contributed by atoms with Gasteiger partial charge >= 0.3 is 5.97 Å². The van der Waals surface area contributed by atoms with Crippen molar-refractivity contribution in [3.63, 3.8) is 0 Å². The molecule has 1 aliphatic rings. The molecule has 0 spiro atoms. The Morgan fingerprint density at radius 1 is 1.32 bits per heavy atom. The molecule has 28 heavy (non-hydrogen) atoms. The standard InChI is InChI=1S/C18H17N5O5/c19-15(24)14-16-21-11(13-4-2-6-28-13)7-12(23(16)9-20-14)17(25)22-5-1-3-10(8-22)18(26)27/h2,4,6-7,9-10H,1,3,5,8H2,(H2,19,24)(H,26,27). The molecule has 0 bridgehead atoms. The molecule has 1 atom stereocenters. The van der Waals surface area contributed by atoms with Gasteiger partial charge in [-0.25, -0.2) is 9.97 Å². The van der Waals surface area contributed by atoms with Crippen LogP contribution in [0.2, 0.25) is 0 Å². The molecule has 4 rings (SSSR count). The fourth-order valence-corrected chi connectivity index (χ4v) is 3.38. The van der Waals surface area contributed by atoms with Crippen molar-refractivity contribution in [2.24, 2.45) is 11.7 Å². The van der Waals surface area contributed by atoms with Gasteiger partial charge in [0.25, 0.3) is 11.8 Å². The number of aromatic nitrogens is 3. The Labute approximate surface area is 158 Å². The molecule has 1 saturated heterocycles. The number of furan rings is 1. The molecule has 1 aliphatic heterocycles. The summed E-state index contributed by atoms with van der Waals surface area (Å²) >= 11 is 0. The number of hydrogen-bond donors (Lipinski definition) is 2. The number of primary amides is 1. The number of nitrogens with two attached hydrogens (primary N) is 1. The van der Waals surface area contributed by atoms with E-state index < -0.39 is 17.8 Å². The first kappa shape index (κ1) is 17.7. The maximum Gasteiger partial charge on any atom is 0.308 e. The van der Waals surface area contributed by atoms with Crippen LogP contribution in [0.4, 0.5) is 0 Å². The lowest BCUT2D eigenvalue weighted by molar-refractivity contribution is -0.143. The highest BCUT2D eigenvalue weighted by molar-refractivity contribution is 5.99. The van der Waals surface area contributed by atoms with Gasteiger partial charge in [-0.15, -0.1) is 0 Å². The predicted octanol–water partition coefficient (Wildman–Crippen LogP) is 1.02. The summed E-state index contributed by atoms with van der Waals surface area (Å²) in [5.74, 6) is -2.26. The number of likely N-dealkylation sites (tertiary alicyclic amines) is 1. The van der Waals surface area contributed by atoms with E-state index >= 15 is 0 Å². The van der Waals surface area contributed by atoms with E-state index in [4.69, 9.17) is 10.2 Å². The minimum Gasteiger partial charge on any atom is -0.481 e. The first-order chi connectivity index (χ1) is 13.5. The summed E-state index contributed by atoms with van der Waals surface area (Å²) in [7, 11) is 0. The molecule has 10 nitrogen and oxygen atoms in total. The molecule has 0 aliphatic carbocycles. The van der Waals surface area contributed by atoms with Crippen molar-refractivity contribution in [1.82, 2.24) is 19.3 Å². The molecule has 0 radical (unpaired) electrons. The lowest BCUT2D eigenvalue weighted by atomic mass is 9.98. The number of hydrogen-bond acceptors (Lipinski definition) is 6. The van der Waals surface area contributed by atoms with Crippen molar-refractivity contribution in [1.29, 1.82) is 0 Å². The zero-order valence-electron chi connectivity index (χ0n) is 14.7. The first-order valence-corrected chi connectivity index (χ1v) is 8.69. The van der Waals surface area contributed by atoms with Crippen molar-refractivity contribution in [3.05, 3.63) is 42.2 Å². The molecule has 1 fully saturated rings. The Kier molecular flexibility index (Phi) is 4.30. The number of imidazole rings is 1. The molecule has 0 aromatic carbocycles. The van der Waals surface area contributed by atoms with Gasteiger partial charge in [-0.3, -0.25) is 18.8 Å². The Balaban J connectivity index is 1.82. The van der Waals surface area contributed by atoms with Crippen molar-refractivity contribution in [3.8, 4) is 11.5 Å². The van der Waals surface area contributed by atoms with Crippen LogP contribution in [0.3, 0.4) is 0 Å². The lowest BCUT2D eigenvalue weighted by Crippen LogP contribution is -2.42. The molecule has 3 N–H and O–H groups in total. The number of amides is 2. The summed E-state index contributed by atoms with van der Waals surface area (Å²) in [5.41, 5.74) is 5.99. The monoisotopic (exact) mass is 383 g/mol. The van der Waals surface area contributed by atoms with E-state index in [1.54, 1.807) is 12.1 Å². The van der Waals surface area contributed by atoms with Crippen LogP contribution >= 0.6 is 0 Å². The van der Waals surface area contributed by atoms with E-state index in [1.165, 1.54) is 28.0 Å². The first-order valence-electron chi connectivity index (χ1n) is 8.69. The zero-order valence-corrected chi connectivity index (χ0v) is 14.7. The number of aliphatic carboxylic acids is 1. The van der Waals surface area contributed by atoms with Gasteiger partial charge in [0, 0.05) is 13.1 Å². The fraction of sp³-hybridized carbons (Fsp3) is 0.278. The molecule has 4 heterocycles. The van der Waals surface area contributed by atoms with Gasteiger partial charge < -0.3 is 20.2 Å². The van der Waals surface area contributed by atoms with E-state index in [1.807, 2.05) is 0 Å². The predicted molar refractivity (Wildman–Crippen MR) is 95.5 cm³/mol. The van der Waals surface area contributed by atoms with Crippen LogP contribution in [0.25, 0.3) is 17.1 Å². The minimum absolute atomic E-state index is 0.0653. The molecule has 0 saturated carbocycles. The van der Waals surface area contributed by atoms with Crippen LogP contribution in [-0.2, 0) is 4.79 Å². The molecule has 144 valence electrons. The second-order valence-corrected chi connectivity index (χ2v) is 6.58. The van der Waals surface area contributed by atoms with Crippen molar-refractivity contribution in [2.75, 3.05) is 13.1 Å². The largest absolute Gasteiger partial charge is 0.481 e. The van der Waals surface area contributed by atoms with Crippen LogP contribution in [0.15, 0.2) is 35.2 Å². The number of nitrogens with zero attached hydrogens (tertiary/aromatic N) is 4. The highest BCUT2D eigenvalue weighted by atomic mass is 16.4. The highest BCUT2D eigenvalue weighted by Crippen LogP contribution is 2.24. The summed E-state index contributed by atoms with van der Waals surface area (Å²) in [6.07, 6.45) is 3.90. The fourth-order valence-electron chi connectivity index (χ4n) is 3.38. The van der Waals surface area contributed by atoms with E-state index in [9.17, 15) is 19.5 Å². The maximum atomic E-state index is 13.2. The van der Waals surface area contributed by atoms with Gasteiger partial charge in [0.05, 0.1) is 12.2 Å². The second kappa shape index (κ2) is 6.80. The molecule has 3 aromatic rings.